The molecule has 0 aliphatic rings. The van der Waals surface area contributed by atoms with E-state index in [0.717, 1.165) is 0 Å². The van der Waals surface area contributed by atoms with Crippen molar-refractivity contribution in [2.45, 2.75) is 13.5 Å². The Kier molecular flexibility index (Phi) is 3.23. The Labute approximate surface area is 118 Å². The predicted molar refractivity (Wildman–Crippen MR) is 72.7 cm³/mol. The highest BCUT2D eigenvalue weighted by Crippen LogP contribution is 2.14. The largest absolute Gasteiger partial charge is 0.454 e. The van der Waals surface area contributed by atoms with Gasteiger partial charge < -0.3 is 9.26 Å². The van der Waals surface area contributed by atoms with Gasteiger partial charge in [-0.1, -0.05) is 23.4 Å². The molecule has 21 heavy (non-hydrogen) atoms. The molecule has 1 aromatic carbocycles. The number of aromatic amines is 1. The van der Waals surface area contributed by atoms with Crippen molar-refractivity contribution >= 4 is 16.7 Å². The van der Waals surface area contributed by atoms with Gasteiger partial charge in [0, 0.05) is 11.5 Å². The van der Waals surface area contributed by atoms with Crippen molar-refractivity contribution in [3.63, 3.8) is 0 Å². The van der Waals surface area contributed by atoms with Gasteiger partial charge in [-0.2, -0.15) is 5.10 Å². The number of H-pyrrole nitrogens is 1. The van der Waals surface area contributed by atoms with Crippen LogP contribution in [-0.2, 0) is 11.3 Å². The fraction of sp³-hybridized carbons (Fsp3) is 0.143. The molecule has 0 atom stereocenters. The van der Waals surface area contributed by atoms with Gasteiger partial charge in [-0.15, -0.1) is 0 Å². The molecule has 1 N–H and O–H groups in total. The van der Waals surface area contributed by atoms with Crippen LogP contribution >= 0.6 is 0 Å². The SMILES string of the molecule is Cc1cc(COC(=O)c2n[nH]c(=O)c3ccccc23)no1. The summed E-state index contributed by atoms with van der Waals surface area (Å²) >= 11 is 0. The van der Waals surface area contributed by atoms with E-state index in [-0.39, 0.29) is 17.9 Å². The Morgan fingerprint density at radius 1 is 1.33 bits per heavy atom. The van der Waals surface area contributed by atoms with Crippen LogP contribution in [0.3, 0.4) is 0 Å². The zero-order chi connectivity index (χ0) is 14.8. The fourth-order valence-electron chi connectivity index (χ4n) is 1.96. The molecule has 3 rings (SSSR count). The molecule has 0 aliphatic carbocycles. The summed E-state index contributed by atoms with van der Waals surface area (Å²) in [6.07, 6.45) is 0. The molecule has 0 aliphatic heterocycles. The lowest BCUT2D eigenvalue weighted by Crippen LogP contribution is -2.16. The second-order valence-electron chi connectivity index (χ2n) is 4.45. The second-order valence-corrected chi connectivity index (χ2v) is 4.45. The highest BCUT2D eigenvalue weighted by atomic mass is 16.5. The first-order valence-corrected chi connectivity index (χ1v) is 6.22. The minimum Gasteiger partial charge on any atom is -0.454 e. The predicted octanol–water partition coefficient (Wildman–Crippen LogP) is 1.58. The molecule has 0 saturated heterocycles. The summed E-state index contributed by atoms with van der Waals surface area (Å²) in [5.41, 5.74) is 0.217. The first-order chi connectivity index (χ1) is 10.1. The van der Waals surface area contributed by atoms with E-state index in [1.165, 1.54) is 0 Å². The van der Waals surface area contributed by atoms with Gasteiger partial charge in [0.1, 0.15) is 18.1 Å². The summed E-state index contributed by atoms with van der Waals surface area (Å²) in [6, 6.07) is 8.37. The molecule has 0 unspecified atom stereocenters. The van der Waals surface area contributed by atoms with E-state index in [4.69, 9.17) is 9.26 Å². The molecule has 0 spiro atoms. The van der Waals surface area contributed by atoms with Crippen LogP contribution in [0.5, 0.6) is 0 Å². The number of benzene rings is 1. The maximum atomic E-state index is 12.1. The summed E-state index contributed by atoms with van der Waals surface area (Å²) in [7, 11) is 0. The summed E-state index contributed by atoms with van der Waals surface area (Å²) in [5, 5.41) is 10.6. The van der Waals surface area contributed by atoms with E-state index in [1.54, 1.807) is 37.3 Å². The smallest absolute Gasteiger partial charge is 0.359 e. The average Bonchev–Trinajstić information content (AvgIpc) is 2.91. The number of fused-ring (bicyclic) bond motifs is 1. The van der Waals surface area contributed by atoms with Gasteiger partial charge in [-0.25, -0.2) is 9.89 Å². The number of nitrogens with zero attached hydrogens (tertiary/aromatic N) is 2. The minimum atomic E-state index is -0.636. The molecule has 0 bridgehead atoms. The first-order valence-electron chi connectivity index (χ1n) is 6.22. The van der Waals surface area contributed by atoms with Crippen LogP contribution in [0.4, 0.5) is 0 Å². The molecule has 3 aromatic rings. The molecule has 7 heteroatoms. The van der Waals surface area contributed by atoms with Crippen molar-refractivity contribution < 1.29 is 14.1 Å². The lowest BCUT2D eigenvalue weighted by molar-refractivity contribution is 0.0458. The molecule has 7 nitrogen and oxygen atoms in total. The third kappa shape index (κ3) is 2.53. The molecule has 2 heterocycles. The normalized spacial score (nSPS) is 10.7. The standard InChI is InChI=1S/C14H11N3O4/c1-8-6-9(17-21-8)7-20-14(19)12-10-4-2-3-5-11(10)13(18)16-15-12/h2-6H,7H2,1H3,(H,16,18). The Balaban J connectivity index is 1.88. The summed E-state index contributed by atoms with van der Waals surface area (Å²) in [6.45, 7) is 1.72. The quantitative estimate of drug-likeness (QED) is 0.733. The third-order valence-corrected chi connectivity index (χ3v) is 2.92. The fourth-order valence-corrected chi connectivity index (χ4v) is 1.96. The Morgan fingerprint density at radius 3 is 2.81 bits per heavy atom. The van der Waals surface area contributed by atoms with E-state index in [0.29, 0.717) is 22.2 Å². The van der Waals surface area contributed by atoms with Crippen LogP contribution in [0.2, 0.25) is 0 Å². The lowest BCUT2D eigenvalue weighted by atomic mass is 10.1. The molecular weight excluding hydrogens is 274 g/mol. The average molecular weight is 285 g/mol. The number of hydrogen-bond acceptors (Lipinski definition) is 6. The monoisotopic (exact) mass is 285 g/mol. The van der Waals surface area contributed by atoms with Crippen LogP contribution in [0.15, 0.2) is 39.6 Å². The van der Waals surface area contributed by atoms with Crippen molar-refractivity contribution in [1.29, 1.82) is 0 Å². The highest BCUT2D eigenvalue weighted by Gasteiger charge is 2.16. The van der Waals surface area contributed by atoms with Crippen LogP contribution in [0.25, 0.3) is 10.8 Å². The van der Waals surface area contributed by atoms with Crippen LogP contribution in [0, 0.1) is 6.92 Å². The van der Waals surface area contributed by atoms with Gasteiger partial charge in [0.15, 0.2) is 5.69 Å². The molecular formula is C14H11N3O4. The van der Waals surface area contributed by atoms with E-state index in [2.05, 4.69) is 15.4 Å². The van der Waals surface area contributed by atoms with Crippen molar-refractivity contribution in [2.75, 3.05) is 0 Å². The van der Waals surface area contributed by atoms with Crippen LogP contribution < -0.4 is 5.56 Å². The molecule has 0 radical (unpaired) electrons. The minimum absolute atomic E-state index is 0.0225. The van der Waals surface area contributed by atoms with E-state index in [9.17, 15) is 9.59 Å². The van der Waals surface area contributed by atoms with Crippen molar-refractivity contribution in [1.82, 2.24) is 15.4 Å². The number of carbonyl (C=O) groups is 1. The first kappa shape index (κ1) is 13.0. The van der Waals surface area contributed by atoms with Gasteiger partial charge in [0.25, 0.3) is 5.56 Å². The summed E-state index contributed by atoms with van der Waals surface area (Å²) in [5.74, 6) is -0.00299. The zero-order valence-corrected chi connectivity index (χ0v) is 11.1. The number of rotatable bonds is 3. The maximum absolute atomic E-state index is 12.1. The number of aromatic nitrogens is 3. The second kappa shape index (κ2) is 5.20. The van der Waals surface area contributed by atoms with Crippen LogP contribution in [-0.4, -0.2) is 21.3 Å². The lowest BCUT2D eigenvalue weighted by Gasteiger charge is -2.04. The van der Waals surface area contributed by atoms with E-state index < -0.39 is 5.97 Å². The molecule has 2 aromatic heterocycles. The number of aryl methyl sites for hydroxylation is 1. The number of esters is 1. The van der Waals surface area contributed by atoms with Crippen molar-refractivity contribution in [2.24, 2.45) is 0 Å². The van der Waals surface area contributed by atoms with Gasteiger partial charge >= 0.3 is 5.97 Å². The van der Waals surface area contributed by atoms with Gasteiger partial charge in [-0.05, 0) is 13.0 Å². The Bertz CT molecular complexity index is 866. The van der Waals surface area contributed by atoms with Crippen molar-refractivity contribution in [3.05, 3.63) is 57.8 Å². The summed E-state index contributed by atoms with van der Waals surface area (Å²) in [4.78, 5) is 23.7. The highest BCUT2D eigenvalue weighted by molar-refractivity contribution is 6.01. The van der Waals surface area contributed by atoms with Gasteiger partial charge in [0.2, 0.25) is 0 Å². The zero-order valence-electron chi connectivity index (χ0n) is 11.1. The van der Waals surface area contributed by atoms with Gasteiger partial charge in [-0.3, -0.25) is 4.79 Å². The number of nitrogens with one attached hydrogen (secondary N) is 1. The maximum Gasteiger partial charge on any atom is 0.359 e. The number of carbonyl (C=O) groups excluding carboxylic acids is 1. The Morgan fingerprint density at radius 2 is 2.10 bits per heavy atom. The van der Waals surface area contributed by atoms with E-state index >= 15 is 0 Å². The molecule has 0 saturated carbocycles. The van der Waals surface area contributed by atoms with E-state index in [1.807, 2.05) is 0 Å². The topological polar surface area (TPSA) is 98.1 Å². The summed E-state index contributed by atoms with van der Waals surface area (Å²) < 4.78 is 10.0. The Hall–Kier alpha value is -2.96. The number of hydrogen-bond donors (Lipinski definition) is 1. The van der Waals surface area contributed by atoms with Crippen molar-refractivity contribution in [3.8, 4) is 0 Å². The van der Waals surface area contributed by atoms with Gasteiger partial charge in [0.05, 0.1) is 5.39 Å². The third-order valence-electron chi connectivity index (χ3n) is 2.92. The molecule has 0 amide bonds. The number of ether oxygens (including phenoxy) is 1. The molecule has 106 valence electrons. The van der Waals surface area contributed by atoms with Crippen LogP contribution in [0.1, 0.15) is 21.9 Å². The molecule has 0 fully saturated rings.